The number of hydrogen-bond donors (Lipinski definition) is 1. The molecule has 0 heterocycles. The number of hydrogen-bond acceptors (Lipinski definition) is 5. The molecule has 1 rings (SSSR count). The second kappa shape index (κ2) is 6.81. The Labute approximate surface area is 110 Å². The first kappa shape index (κ1) is 15.1. The Hall–Kier alpha value is -1.99. The summed E-state index contributed by atoms with van der Waals surface area (Å²) in [5.74, 6) is -0.533. The highest BCUT2D eigenvalue weighted by molar-refractivity contribution is 5.98. The standard InChI is InChI=1S/C12H16N2O5/c1-8-5-4-6-9(11(8)14(16)17)12(15)13-7-10(18-2)19-3/h4-6,10H,7H2,1-3H3,(H,13,15). The Balaban J connectivity index is 2.88. The van der Waals surface area contributed by atoms with E-state index in [2.05, 4.69) is 5.32 Å². The molecule has 0 aliphatic rings. The maximum atomic E-state index is 11.9. The van der Waals surface area contributed by atoms with E-state index in [0.717, 1.165) is 0 Å². The van der Waals surface area contributed by atoms with Crippen molar-refractivity contribution in [1.82, 2.24) is 5.32 Å². The van der Waals surface area contributed by atoms with Gasteiger partial charge in [-0.3, -0.25) is 14.9 Å². The van der Waals surface area contributed by atoms with Crippen LogP contribution in [0.15, 0.2) is 18.2 Å². The molecule has 0 aromatic heterocycles. The van der Waals surface area contributed by atoms with Crippen LogP contribution in [0.25, 0.3) is 0 Å². The monoisotopic (exact) mass is 268 g/mol. The van der Waals surface area contributed by atoms with Crippen LogP contribution in [0.1, 0.15) is 15.9 Å². The number of nitro groups is 1. The van der Waals surface area contributed by atoms with E-state index in [1.54, 1.807) is 19.1 Å². The molecular weight excluding hydrogens is 252 g/mol. The van der Waals surface area contributed by atoms with Crippen LogP contribution in [-0.4, -0.2) is 37.9 Å². The van der Waals surface area contributed by atoms with E-state index in [1.807, 2.05) is 0 Å². The topological polar surface area (TPSA) is 90.7 Å². The number of carbonyl (C=O) groups is 1. The minimum Gasteiger partial charge on any atom is -0.354 e. The molecule has 7 nitrogen and oxygen atoms in total. The van der Waals surface area contributed by atoms with Crippen molar-refractivity contribution in [1.29, 1.82) is 0 Å². The number of carbonyl (C=O) groups excluding carboxylic acids is 1. The van der Waals surface area contributed by atoms with Gasteiger partial charge in [-0.15, -0.1) is 0 Å². The number of methoxy groups -OCH3 is 2. The number of benzene rings is 1. The Morgan fingerprint density at radius 2 is 2.05 bits per heavy atom. The fourth-order valence-electron chi connectivity index (χ4n) is 1.62. The summed E-state index contributed by atoms with van der Waals surface area (Å²) in [4.78, 5) is 22.3. The normalized spacial score (nSPS) is 10.5. The first-order valence-electron chi connectivity index (χ1n) is 5.59. The van der Waals surface area contributed by atoms with Gasteiger partial charge in [0, 0.05) is 19.8 Å². The quantitative estimate of drug-likeness (QED) is 0.476. The molecule has 0 fully saturated rings. The van der Waals surface area contributed by atoms with Gasteiger partial charge in [0.25, 0.3) is 11.6 Å². The molecule has 0 unspecified atom stereocenters. The lowest BCUT2D eigenvalue weighted by Crippen LogP contribution is -2.34. The van der Waals surface area contributed by atoms with Gasteiger partial charge in [0.1, 0.15) is 5.56 Å². The molecule has 19 heavy (non-hydrogen) atoms. The van der Waals surface area contributed by atoms with Gasteiger partial charge in [-0.2, -0.15) is 0 Å². The van der Waals surface area contributed by atoms with E-state index >= 15 is 0 Å². The fourth-order valence-corrected chi connectivity index (χ4v) is 1.62. The molecule has 0 atom stereocenters. The van der Waals surface area contributed by atoms with Crippen molar-refractivity contribution in [3.05, 3.63) is 39.4 Å². The van der Waals surface area contributed by atoms with Crippen molar-refractivity contribution in [3.63, 3.8) is 0 Å². The van der Waals surface area contributed by atoms with Gasteiger partial charge >= 0.3 is 0 Å². The number of nitrogens with zero attached hydrogens (tertiary/aromatic N) is 1. The van der Waals surface area contributed by atoms with Crippen LogP contribution in [0.3, 0.4) is 0 Å². The molecule has 1 aromatic rings. The molecule has 0 saturated carbocycles. The summed E-state index contributed by atoms with van der Waals surface area (Å²) in [5.41, 5.74) is 0.273. The first-order chi connectivity index (χ1) is 9.01. The van der Waals surface area contributed by atoms with Crippen molar-refractivity contribution in [2.24, 2.45) is 0 Å². The van der Waals surface area contributed by atoms with E-state index in [-0.39, 0.29) is 17.8 Å². The highest BCUT2D eigenvalue weighted by Crippen LogP contribution is 2.22. The van der Waals surface area contributed by atoms with Crippen LogP contribution in [0.2, 0.25) is 0 Å². The van der Waals surface area contributed by atoms with Crippen molar-refractivity contribution < 1.29 is 19.2 Å². The predicted molar refractivity (Wildman–Crippen MR) is 68.0 cm³/mol. The Morgan fingerprint density at radius 3 is 2.58 bits per heavy atom. The highest BCUT2D eigenvalue weighted by atomic mass is 16.7. The molecule has 1 amide bonds. The van der Waals surface area contributed by atoms with Crippen LogP contribution in [0.4, 0.5) is 5.69 Å². The minimum absolute atomic E-state index is 0.0240. The van der Waals surface area contributed by atoms with Gasteiger partial charge in [0.05, 0.1) is 11.5 Å². The molecule has 0 bridgehead atoms. The number of nitrogens with one attached hydrogen (secondary N) is 1. The van der Waals surface area contributed by atoms with Crippen LogP contribution in [0, 0.1) is 17.0 Å². The van der Waals surface area contributed by atoms with Crippen LogP contribution >= 0.6 is 0 Å². The summed E-state index contributed by atoms with van der Waals surface area (Å²) in [5, 5.41) is 13.5. The van der Waals surface area contributed by atoms with Crippen molar-refractivity contribution in [2.45, 2.75) is 13.2 Å². The van der Waals surface area contributed by atoms with Gasteiger partial charge in [-0.1, -0.05) is 12.1 Å². The van der Waals surface area contributed by atoms with Crippen LogP contribution in [0.5, 0.6) is 0 Å². The number of amides is 1. The van der Waals surface area contributed by atoms with Gasteiger partial charge in [0.2, 0.25) is 0 Å². The molecule has 0 radical (unpaired) electrons. The molecule has 1 aromatic carbocycles. The Bertz CT molecular complexity index is 471. The Kier molecular flexibility index (Phi) is 5.40. The van der Waals surface area contributed by atoms with Gasteiger partial charge in [0.15, 0.2) is 6.29 Å². The summed E-state index contributed by atoms with van der Waals surface area (Å²) >= 11 is 0. The van der Waals surface area contributed by atoms with Gasteiger partial charge < -0.3 is 14.8 Å². The summed E-state index contributed by atoms with van der Waals surface area (Å²) in [6.45, 7) is 1.69. The average molecular weight is 268 g/mol. The summed E-state index contributed by atoms with van der Waals surface area (Å²) in [7, 11) is 2.88. The maximum absolute atomic E-state index is 11.9. The third-order valence-corrected chi connectivity index (χ3v) is 2.62. The largest absolute Gasteiger partial charge is 0.354 e. The molecular formula is C12H16N2O5. The third-order valence-electron chi connectivity index (χ3n) is 2.62. The summed E-state index contributed by atoms with van der Waals surface area (Å²) in [6, 6.07) is 4.60. The zero-order valence-corrected chi connectivity index (χ0v) is 11.0. The SMILES string of the molecule is COC(CNC(=O)c1cccc(C)c1[N+](=O)[O-])OC. The van der Waals surface area contributed by atoms with Crippen LogP contribution < -0.4 is 5.32 Å². The number of ether oxygens (including phenoxy) is 2. The molecule has 104 valence electrons. The molecule has 0 aliphatic heterocycles. The molecule has 1 N–H and O–H groups in total. The smallest absolute Gasteiger partial charge is 0.285 e. The van der Waals surface area contributed by atoms with Crippen molar-refractivity contribution >= 4 is 11.6 Å². The molecule has 0 saturated heterocycles. The first-order valence-corrected chi connectivity index (χ1v) is 5.59. The second-order valence-electron chi connectivity index (χ2n) is 3.84. The lowest BCUT2D eigenvalue weighted by Gasteiger charge is -2.14. The van der Waals surface area contributed by atoms with Crippen molar-refractivity contribution in [3.8, 4) is 0 Å². The number of aryl methyl sites for hydroxylation is 1. The highest BCUT2D eigenvalue weighted by Gasteiger charge is 2.22. The van der Waals surface area contributed by atoms with E-state index in [9.17, 15) is 14.9 Å². The number of para-hydroxylation sites is 1. The van der Waals surface area contributed by atoms with Gasteiger partial charge in [-0.05, 0) is 13.0 Å². The van der Waals surface area contributed by atoms with E-state index in [1.165, 1.54) is 20.3 Å². The van der Waals surface area contributed by atoms with E-state index in [4.69, 9.17) is 9.47 Å². The lowest BCUT2D eigenvalue weighted by molar-refractivity contribution is -0.385. The molecule has 0 spiro atoms. The predicted octanol–water partition coefficient (Wildman–Crippen LogP) is 1.25. The van der Waals surface area contributed by atoms with Crippen LogP contribution in [-0.2, 0) is 9.47 Å². The summed E-state index contributed by atoms with van der Waals surface area (Å²) in [6.07, 6.45) is -0.590. The Morgan fingerprint density at radius 1 is 1.42 bits per heavy atom. The zero-order valence-electron chi connectivity index (χ0n) is 11.0. The maximum Gasteiger partial charge on any atom is 0.285 e. The molecule has 7 heteroatoms. The van der Waals surface area contributed by atoms with E-state index < -0.39 is 17.1 Å². The number of nitro benzene ring substituents is 1. The average Bonchev–Trinajstić information content (AvgIpc) is 2.38. The number of rotatable bonds is 6. The second-order valence-corrected chi connectivity index (χ2v) is 3.84. The fraction of sp³-hybridized carbons (Fsp3) is 0.417. The van der Waals surface area contributed by atoms with E-state index in [0.29, 0.717) is 5.56 Å². The van der Waals surface area contributed by atoms with Gasteiger partial charge in [-0.25, -0.2) is 0 Å². The molecule has 0 aliphatic carbocycles. The zero-order chi connectivity index (χ0) is 14.4. The lowest BCUT2D eigenvalue weighted by atomic mass is 10.1. The van der Waals surface area contributed by atoms with Crippen molar-refractivity contribution in [2.75, 3.05) is 20.8 Å². The minimum atomic E-state index is -0.590. The third kappa shape index (κ3) is 3.73. The summed E-state index contributed by atoms with van der Waals surface area (Å²) < 4.78 is 9.83.